The fourth-order valence-electron chi connectivity index (χ4n) is 3.32. The Balaban J connectivity index is 1.71. The van der Waals surface area contributed by atoms with Gasteiger partial charge in [0.25, 0.3) is 5.91 Å². The quantitative estimate of drug-likeness (QED) is 0.415. The molecular weight excluding hydrogens is 412 g/mol. The van der Waals surface area contributed by atoms with Crippen LogP contribution in [0, 0.1) is 0 Å². The summed E-state index contributed by atoms with van der Waals surface area (Å²) in [6, 6.07) is 16.8. The van der Waals surface area contributed by atoms with Crippen LogP contribution < -0.4 is 4.90 Å². The number of aromatic nitrogens is 1. The summed E-state index contributed by atoms with van der Waals surface area (Å²) >= 11 is 1.54. The third-order valence-corrected chi connectivity index (χ3v) is 5.62. The highest BCUT2D eigenvalue weighted by molar-refractivity contribution is 7.07. The number of aliphatic hydroxyl groups excluding tert-OH is 1. The van der Waals surface area contributed by atoms with Gasteiger partial charge in [0.1, 0.15) is 11.5 Å². The van der Waals surface area contributed by atoms with Crippen LogP contribution in [0.15, 0.2) is 77.6 Å². The van der Waals surface area contributed by atoms with Gasteiger partial charge in [0.05, 0.1) is 24.4 Å². The van der Waals surface area contributed by atoms with E-state index < -0.39 is 0 Å². The second-order valence-corrected chi connectivity index (χ2v) is 7.72. The van der Waals surface area contributed by atoms with Crippen LogP contribution in [-0.4, -0.2) is 26.2 Å². The van der Waals surface area contributed by atoms with E-state index in [-0.39, 0.29) is 29.6 Å². The molecule has 4 aromatic rings. The van der Waals surface area contributed by atoms with Gasteiger partial charge in [0.2, 0.25) is 0 Å². The van der Waals surface area contributed by atoms with E-state index in [1.54, 1.807) is 28.5 Å². The average Bonchev–Trinajstić information content (AvgIpc) is 3.30. The molecule has 0 fully saturated rings. The van der Waals surface area contributed by atoms with Gasteiger partial charge in [0.15, 0.2) is 0 Å². The molecule has 1 amide bonds. The number of hydrogen-bond donors (Lipinski definition) is 3. The first-order chi connectivity index (χ1) is 15.1. The minimum Gasteiger partial charge on any atom is -0.508 e. The van der Waals surface area contributed by atoms with E-state index in [4.69, 9.17) is 0 Å². The lowest BCUT2D eigenvalue weighted by atomic mass is 10.0. The summed E-state index contributed by atoms with van der Waals surface area (Å²) in [5, 5.41) is 33.2. The van der Waals surface area contributed by atoms with Crippen LogP contribution >= 0.6 is 11.3 Å². The molecule has 2 aromatic carbocycles. The molecule has 0 saturated carbocycles. The number of anilines is 1. The highest BCUT2D eigenvalue weighted by Crippen LogP contribution is 2.29. The van der Waals surface area contributed by atoms with Gasteiger partial charge in [-0.15, -0.1) is 0 Å². The van der Waals surface area contributed by atoms with E-state index in [0.29, 0.717) is 17.9 Å². The summed E-state index contributed by atoms with van der Waals surface area (Å²) < 4.78 is 0. The number of pyridine rings is 1. The Morgan fingerprint density at radius 2 is 1.84 bits per heavy atom. The first kappa shape index (κ1) is 20.6. The number of amides is 1. The lowest BCUT2D eigenvalue weighted by molar-refractivity contribution is 0.0982. The van der Waals surface area contributed by atoms with Crippen molar-refractivity contribution in [1.82, 2.24) is 4.98 Å². The van der Waals surface area contributed by atoms with Gasteiger partial charge in [0, 0.05) is 29.1 Å². The van der Waals surface area contributed by atoms with Crippen molar-refractivity contribution in [2.45, 2.75) is 13.2 Å². The molecule has 0 aliphatic carbocycles. The maximum Gasteiger partial charge on any atom is 0.262 e. The molecule has 0 aliphatic rings. The summed E-state index contributed by atoms with van der Waals surface area (Å²) in [6.45, 7) is 0.210. The summed E-state index contributed by atoms with van der Waals surface area (Å²) in [5.41, 5.74) is 3.94. The van der Waals surface area contributed by atoms with E-state index in [2.05, 4.69) is 4.98 Å². The van der Waals surface area contributed by atoms with Crippen molar-refractivity contribution in [3.63, 3.8) is 0 Å². The molecule has 2 heterocycles. The Bertz CT molecular complexity index is 1190. The topological polar surface area (TPSA) is 93.9 Å². The Kier molecular flexibility index (Phi) is 5.97. The average molecular weight is 433 g/mol. The predicted octanol–water partition coefficient (Wildman–Crippen LogP) is 4.56. The molecule has 0 aliphatic heterocycles. The van der Waals surface area contributed by atoms with Crippen molar-refractivity contribution in [3.8, 4) is 22.8 Å². The molecule has 0 unspecified atom stereocenters. The lowest BCUT2D eigenvalue weighted by Gasteiger charge is -2.23. The minimum atomic E-state index is -0.384. The van der Waals surface area contributed by atoms with Crippen LogP contribution in [-0.2, 0) is 13.2 Å². The first-order valence-corrected chi connectivity index (χ1v) is 10.5. The Morgan fingerprint density at radius 3 is 2.52 bits per heavy atom. The van der Waals surface area contributed by atoms with Gasteiger partial charge in [-0.3, -0.25) is 9.78 Å². The monoisotopic (exact) mass is 432 g/mol. The van der Waals surface area contributed by atoms with Gasteiger partial charge in [-0.2, -0.15) is 11.3 Å². The molecule has 0 atom stereocenters. The zero-order chi connectivity index (χ0) is 21.8. The van der Waals surface area contributed by atoms with Gasteiger partial charge in [-0.05, 0) is 52.7 Å². The fraction of sp³-hybridized carbons (Fsp3) is 0.0833. The molecule has 0 spiro atoms. The van der Waals surface area contributed by atoms with Crippen LogP contribution in [0.5, 0.6) is 11.5 Å². The number of nitrogens with zero attached hydrogens (tertiary/aromatic N) is 2. The Morgan fingerprint density at radius 1 is 1.03 bits per heavy atom. The van der Waals surface area contributed by atoms with Gasteiger partial charge >= 0.3 is 0 Å². The molecule has 31 heavy (non-hydrogen) atoms. The van der Waals surface area contributed by atoms with Crippen molar-refractivity contribution in [3.05, 3.63) is 94.3 Å². The Labute approximate surface area is 183 Å². The highest BCUT2D eigenvalue weighted by Gasteiger charge is 2.22. The number of thiophene rings is 1. The largest absolute Gasteiger partial charge is 0.508 e. The number of benzene rings is 2. The number of carbonyl (C=O) groups excluding carboxylic acids is 1. The van der Waals surface area contributed by atoms with Crippen LogP contribution in [0.1, 0.15) is 21.5 Å². The number of carbonyl (C=O) groups is 1. The zero-order valence-corrected chi connectivity index (χ0v) is 17.3. The normalized spacial score (nSPS) is 10.7. The molecule has 7 heteroatoms. The molecule has 0 bridgehead atoms. The van der Waals surface area contributed by atoms with Crippen LogP contribution in [0.2, 0.25) is 0 Å². The lowest BCUT2D eigenvalue weighted by Crippen LogP contribution is -2.30. The molecular formula is C24H20N2O4S. The summed E-state index contributed by atoms with van der Waals surface area (Å²) in [7, 11) is 0. The van der Waals surface area contributed by atoms with Crippen molar-refractivity contribution >= 4 is 22.9 Å². The van der Waals surface area contributed by atoms with Crippen LogP contribution in [0.4, 0.5) is 5.69 Å². The minimum absolute atomic E-state index is 0.101. The van der Waals surface area contributed by atoms with E-state index in [9.17, 15) is 20.1 Å². The second-order valence-electron chi connectivity index (χ2n) is 6.94. The van der Waals surface area contributed by atoms with Crippen molar-refractivity contribution in [2.75, 3.05) is 4.90 Å². The number of rotatable bonds is 6. The molecule has 4 rings (SSSR count). The van der Waals surface area contributed by atoms with Crippen LogP contribution in [0.25, 0.3) is 11.3 Å². The standard InChI is InChI=1S/C24H20N2O4S/c27-14-18-2-1-10-25-23(18)17-3-5-19(6-4-17)26(13-16-9-11-31-15-16)24(30)21-8-7-20(28)12-22(21)29/h1-12,15,27-29H,13-14H2. The Hall–Kier alpha value is -3.68. The summed E-state index contributed by atoms with van der Waals surface area (Å²) in [5.74, 6) is -0.777. The summed E-state index contributed by atoms with van der Waals surface area (Å²) in [6.07, 6.45) is 1.67. The number of hydrogen-bond acceptors (Lipinski definition) is 6. The third kappa shape index (κ3) is 4.42. The van der Waals surface area contributed by atoms with E-state index in [1.165, 1.54) is 12.1 Å². The van der Waals surface area contributed by atoms with E-state index >= 15 is 0 Å². The molecule has 0 radical (unpaired) electrons. The molecule has 156 valence electrons. The predicted molar refractivity (Wildman–Crippen MR) is 120 cm³/mol. The maximum absolute atomic E-state index is 13.3. The third-order valence-electron chi connectivity index (χ3n) is 4.89. The number of phenols is 2. The second kappa shape index (κ2) is 8.99. The van der Waals surface area contributed by atoms with Gasteiger partial charge < -0.3 is 20.2 Å². The summed E-state index contributed by atoms with van der Waals surface area (Å²) in [4.78, 5) is 19.2. The number of aromatic hydroxyl groups is 2. The SMILES string of the molecule is O=C(c1ccc(O)cc1O)N(Cc1ccsc1)c1ccc(-c2ncccc2CO)cc1. The molecule has 2 aromatic heterocycles. The van der Waals surface area contributed by atoms with Crippen molar-refractivity contribution < 1.29 is 20.1 Å². The number of aliphatic hydroxyl groups is 1. The molecule has 0 saturated heterocycles. The van der Waals surface area contributed by atoms with E-state index in [1.807, 2.05) is 47.2 Å². The smallest absolute Gasteiger partial charge is 0.262 e. The molecule has 3 N–H and O–H groups in total. The maximum atomic E-state index is 13.3. The zero-order valence-electron chi connectivity index (χ0n) is 16.5. The number of phenolic OH excluding ortho intramolecular Hbond substituents is 2. The van der Waals surface area contributed by atoms with E-state index in [0.717, 1.165) is 22.8 Å². The fourth-order valence-corrected chi connectivity index (χ4v) is 3.98. The first-order valence-electron chi connectivity index (χ1n) is 9.57. The highest BCUT2D eigenvalue weighted by atomic mass is 32.1. The van der Waals surface area contributed by atoms with Crippen LogP contribution in [0.3, 0.4) is 0 Å². The molecule has 6 nitrogen and oxygen atoms in total. The van der Waals surface area contributed by atoms with Crippen molar-refractivity contribution in [2.24, 2.45) is 0 Å². The van der Waals surface area contributed by atoms with Gasteiger partial charge in [-0.1, -0.05) is 18.2 Å². The van der Waals surface area contributed by atoms with Gasteiger partial charge in [-0.25, -0.2) is 0 Å². The van der Waals surface area contributed by atoms with Crippen molar-refractivity contribution in [1.29, 1.82) is 0 Å².